The molecule has 2 rings (SSSR count). The summed E-state index contributed by atoms with van der Waals surface area (Å²) in [5.74, 6) is -0.511. The van der Waals surface area contributed by atoms with Gasteiger partial charge in [0, 0.05) is 21.4 Å². The van der Waals surface area contributed by atoms with Gasteiger partial charge in [0.25, 0.3) is 0 Å². The van der Waals surface area contributed by atoms with Gasteiger partial charge < -0.3 is 5.32 Å². The molecule has 21 heavy (non-hydrogen) atoms. The maximum atomic E-state index is 14.2. The highest BCUT2D eigenvalue weighted by Gasteiger charge is 2.16. The van der Waals surface area contributed by atoms with E-state index in [9.17, 15) is 8.78 Å². The average molecular weight is 307 g/mol. The van der Waals surface area contributed by atoms with Crippen LogP contribution in [0.15, 0.2) is 52.3 Å². The third-order valence-electron chi connectivity index (χ3n) is 3.17. The van der Waals surface area contributed by atoms with E-state index in [1.54, 1.807) is 12.1 Å². The first-order valence-corrected chi connectivity index (χ1v) is 7.88. The zero-order valence-corrected chi connectivity index (χ0v) is 13.0. The second kappa shape index (κ2) is 7.57. The summed E-state index contributed by atoms with van der Waals surface area (Å²) in [6.07, 6.45) is 0.991. The fourth-order valence-electron chi connectivity index (χ4n) is 2.15. The standard InChI is InChI=1S/C17H19F2NS/c1-3-10-20-12(2)17-15(19)8-5-9-16(17)21-14-7-4-6-13(18)11-14/h4-9,11-12,20H,3,10H2,1-2H3. The molecule has 0 fully saturated rings. The Balaban J connectivity index is 2.28. The summed E-state index contributed by atoms with van der Waals surface area (Å²) in [6.45, 7) is 4.85. The van der Waals surface area contributed by atoms with E-state index in [-0.39, 0.29) is 17.7 Å². The highest BCUT2D eigenvalue weighted by Crippen LogP contribution is 2.34. The first-order valence-electron chi connectivity index (χ1n) is 7.07. The molecule has 0 aliphatic carbocycles. The van der Waals surface area contributed by atoms with Gasteiger partial charge in [-0.15, -0.1) is 0 Å². The molecule has 2 aromatic carbocycles. The second-order valence-electron chi connectivity index (χ2n) is 4.89. The van der Waals surface area contributed by atoms with Gasteiger partial charge in [-0.25, -0.2) is 8.78 Å². The van der Waals surface area contributed by atoms with E-state index in [0.717, 1.165) is 22.8 Å². The molecule has 0 aliphatic heterocycles. The van der Waals surface area contributed by atoms with Crippen LogP contribution < -0.4 is 5.32 Å². The van der Waals surface area contributed by atoms with Crippen molar-refractivity contribution in [3.8, 4) is 0 Å². The van der Waals surface area contributed by atoms with Crippen molar-refractivity contribution in [1.82, 2.24) is 5.32 Å². The van der Waals surface area contributed by atoms with Crippen molar-refractivity contribution in [2.45, 2.75) is 36.1 Å². The van der Waals surface area contributed by atoms with Gasteiger partial charge in [-0.1, -0.05) is 30.8 Å². The Labute approximate surface area is 128 Å². The summed E-state index contributed by atoms with van der Waals surface area (Å²) in [4.78, 5) is 1.58. The number of hydrogen-bond acceptors (Lipinski definition) is 2. The molecule has 2 aromatic rings. The Morgan fingerprint density at radius 3 is 2.62 bits per heavy atom. The molecule has 1 atom stereocenters. The van der Waals surface area contributed by atoms with Gasteiger partial charge in [-0.05, 0) is 50.2 Å². The van der Waals surface area contributed by atoms with E-state index >= 15 is 0 Å². The predicted octanol–water partition coefficient (Wildman–Crippen LogP) is 5.18. The number of nitrogens with one attached hydrogen (secondary N) is 1. The molecule has 0 bridgehead atoms. The van der Waals surface area contributed by atoms with Crippen LogP contribution in [0.4, 0.5) is 8.78 Å². The lowest BCUT2D eigenvalue weighted by Gasteiger charge is -2.18. The first kappa shape index (κ1) is 16.0. The van der Waals surface area contributed by atoms with Crippen molar-refractivity contribution in [1.29, 1.82) is 0 Å². The van der Waals surface area contributed by atoms with E-state index in [2.05, 4.69) is 12.2 Å². The van der Waals surface area contributed by atoms with Crippen molar-refractivity contribution >= 4 is 11.8 Å². The van der Waals surface area contributed by atoms with Gasteiger partial charge in [0.05, 0.1) is 0 Å². The van der Waals surface area contributed by atoms with E-state index in [4.69, 9.17) is 0 Å². The maximum Gasteiger partial charge on any atom is 0.129 e. The van der Waals surface area contributed by atoms with Crippen LogP contribution in [0.1, 0.15) is 31.9 Å². The van der Waals surface area contributed by atoms with Crippen LogP contribution in [-0.4, -0.2) is 6.54 Å². The Kier molecular flexibility index (Phi) is 5.76. The van der Waals surface area contributed by atoms with Crippen molar-refractivity contribution in [3.63, 3.8) is 0 Å². The van der Waals surface area contributed by atoms with Gasteiger partial charge in [0.15, 0.2) is 0 Å². The Morgan fingerprint density at radius 2 is 1.90 bits per heavy atom. The molecule has 112 valence electrons. The molecule has 0 aliphatic rings. The van der Waals surface area contributed by atoms with Crippen LogP contribution in [-0.2, 0) is 0 Å². The average Bonchev–Trinajstić information content (AvgIpc) is 2.45. The maximum absolute atomic E-state index is 14.2. The summed E-state index contributed by atoms with van der Waals surface area (Å²) >= 11 is 1.38. The fraction of sp³-hybridized carbons (Fsp3) is 0.294. The predicted molar refractivity (Wildman–Crippen MR) is 83.6 cm³/mol. The summed E-state index contributed by atoms with van der Waals surface area (Å²) < 4.78 is 27.5. The lowest BCUT2D eigenvalue weighted by Crippen LogP contribution is -2.20. The SMILES string of the molecule is CCCNC(C)c1c(F)cccc1Sc1cccc(F)c1. The second-order valence-corrected chi connectivity index (χ2v) is 6.00. The smallest absolute Gasteiger partial charge is 0.129 e. The molecule has 0 radical (unpaired) electrons. The highest BCUT2D eigenvalue weighted by atomic mass is 32.2. The van der Waals surface area contributed by atoms with Gasteiger partial charge in [0.1, 0.15) is 11.6 Å². The minimum atomic E-state index is -0.282. The van der Waals surface area contributed by atoms with Crippen LogP contribution in [0.5, 0.6) is 0 Å². The minimum absolute atomic E-state index is 0.0813. The Hall–Kier alpha value is -1.39. The number of rotatable bonds is 6. The van der Waals surface area contributed by atoms with Gasteiger partial charge >= 0.3 is 0 Å². The molecule has 0 saturated carbocycles. The molecule has 0 saturated heterocycles. The molecule has 1 nitrogen and oxygen atoms in total. The summed E-state index contributed by atoms with van der Waals surface area (Å²) in [7, 11) is 0. The zero-order valence-electron chi connectivity index (χ0n) is 12.2. The quantitative estimate of drug-likeness (QED) is 0.789. The van der Waals surface area contributed by atoms with Gasteiger partial charge in [-0.3, -0.25) is 0 Å². The van der Waals surface area contributed by atoms with E-state index in [1.807, 2.05) is 19.1 Å². The summed E-state index contributed by atoms with van der Waals surface area (Å²) in [5, 5.41) is 3.30. The molecular weight excluding hydrogens is 288 g/mol. The van der Waals surface area contributed by atoms with E-state index in [0.29, 0.717) is 5.56 Å². The number of hydrogen-bond donors (Lipinski definition) is 1. The third kappa shape index (κ3) is 4.29. The lowest BCUT2D eigenvalue weighted by atomic mass is 10.1. The highest BCUT2D eigenvalue weighted by molar-refractivity contribution is 7.99. The third-order valence-corrected chi connectivity index (χ3v) is 4.24. The molecule has 0 spiro atoms. The van der Waals surface area contributed by atoms with E-state index < -0.39 is 0 Å². The van der Waals surface area contributed by atoms with Crippen molar-refractivity contribution in [2.24, 2.45) is 0 Å². The minimum Gasteiger partial charge on any atom is -0.310 e. The monoisotopic (exact) mass is 307 g/mol. The van der Waals surface area contributed by atoms with E-state index in [1.165, 1.54) is 30.0 Å². The van der Waals surface area contributed by atoms with Crippen LogP contribution in [0.3, 0.4) is 0 Å². The molecule has 0 heterocycles. The first-order chi connectivity index (χ1) is 10.1. The van der Waals surface area contributed by atoms with Crippen molar-refractivity contribution < 1.29 is 8.78 Å². The van der Waals surface area contributed by atoms with Crippen LogP contribution >= 0.6 is 11.8 Å². The number of benzene rings is 2. The molecule has 0 aromatic heterocycles. The fourth-order valence-corrected chi connectivity index (χ4v) is 3.25. The van der Waals surface area contributed by atoms with Crippen molar-refractivity contribution in [3.05, 3.63) is 59.7 Å². The van der Waals surface area contributed by atoms with Crippen LogP contribution in [0, 0.1) is 11.6 Å². The van der Waals surface area contributed by atoms with Gasteiger partial charge in [0.2, 0.25) is 0 Å². The molecule has 1 N–H and O–H groups in total. The van der Waals surface area contributed by atoms with Crippen LogP contribution in [0.25, 0.3) is 0 Å². The van der Waals surface area contributed by atoms with Crippen LogP contribution in [0.2, 0.25) is 0 Å². The van der Waals surface area contributed by atoms with Gasteiger partial charge in [-0.2, -0.15) is 0 Å². The molecule has 4 heteroatoms. The summed E-state index contributed by atoms with van der Waals surface area (Å²) in [6, 6.07) is 11.3. The molecule has 1 unspecified atom stereocenters. The molecular formula is C17H19F2NS. The summed E-state index contributed by atoms with van der Waals surface area (Å²) in [5.41, 5.74) is 0.639. The Morgan fingerprint density at radius 1 is 1.14 bits per heavy atom. The topological polar surface area (TPSA) is 12.0 Å². The largest absolute Gasteiger partial charge is 0.310 e. The zero-order chi connectivity index (χ0) is 15.2. The normalized spacial score (nSPS) is 12.4. The lowest BCUT2D eigenvalue weighted by molar-refractivity contribution is 0.519. The van der Waals surface area contributed by atoms with Crippen molar-refractivity contribution in [2.75, 3.05) is 6.54 Å². The number of halogens is 2. The Bertz CT molecular complexity index is 601. The molecule has 0 amide bonds.